The van der Waals surface area contributed by atoms with Gasteiger partial charge in [0, 0.05) is 24.3 Å². The van der Waals surface area contributed by atoms with E-state index in [1.54, 1.807) is 26.1 Å². The quantitative estimate of drug-likeness (QED) is 0.931. The normalized spacial score (nSPS) is 11.6. The molecule has 0 aliphatic heterocycles. The van der Waals surface area contributed by atoms with Gasteiger partial charge in [0.1, 0.15) is 5.82 Å². The third kappa shape index (κ3) is 3.97. The molecule has 0 radical (unpaired) electrons. The fourth-order valence-electron chi connectivity index (χ4n) is 1.34. The molecule has 1 N–H and O–H groups in total. The van der Waals surface area contributed by atoms with E-state index in [2.05, 4.69) is 20.9 Å². The van der Waals surface area contributed by atoms with Crippen molar-refractivity contribution in [2.75, 3.05) is 18.5 Å². The van der Waals surface area contributed by atoms with Crippen LogP contribution in [0, 0.1) is 0 Å². The van der Waals surface area contributed by atoms with Crippen LogP contribution in [-0.4, -0.2) is 29.3 Å². The molecule has 15 heavy (non-hydrogen) atoms. The molecule has 0 amide bonds. The summed E-state index contributed by atoms with van der Waals surface area (Å²) >= 11 is 9.33. The van der Waals surface area contributed by atoms with Crippen LogP contribution in [0.5, 0.6) is 0 Å². The molecular formula is C10H14BrClN2O. The second-order valence-electron chi connectivity index (χ2n) is 4.13. The zero-order valence-electron chi connectivity index (χ0n) is 8.96. The molecule has 3 nitrogen and oxygen atoms in total. The summed E-state index contributed by atoms with van der Waals surface area (Å²) in [5, 5.41) is 10.2. The summed E-state index contributed by atoms with van der Waals surface area (Å²) in [7, 11) is 1.85. The Bertz CT molecular complexity index is 352. The number of pyridine rings is 1. The van der Waals surface area contributed by atoms with Gasteiger partial charge in [0.25, 0.3) is 0 Å². The van der Waals surface area contributed by atoms with E-state index in [1.807, 2.05) is 11.9 Å². The van der Waals surface area contributed by atoms with Gasteiger partial charge in [-0.05, 0) is 35.8 Å². The molecule has 0 bridgehead atoms. The Kier molecular flexibility index (Phi) is 3.98. The molecule has 0 atom stereocenters. The first-order valence-electron chi connectivity index (χ1n) is 4.54. The minimum atomic E-state index is -0.771. The van der Waals surface area contributed by atoms with Crippen molar-refractivity contribution in [3.05, 3.63) is 21.8 Å². The smallest absolute Gasteiger partial charge is 0.147 e. The Morgan fingerprint density at radius 2 is 2.20 bits per heavy atom. The number of hydrogen-bond acceptors (Lipinski definition) is 3. The summed E-state index contributed by atoms with van der Waals surface area (Å²) in [5.41, 5.74) is -0.771. The Morgan fingerprint density at radius 1 is 1.60 bits per heavy atom. The third-order valence-electron chi connectivity index (χ3n) is 1.77. The lowest BCUT2D eigenvalue weighted by atomic mass is 10.1. The number of rotatable bonds is 3. The summed E-state index contributed by atoms with van der Waals surface area (Å²) in [4.78, 5) is 6.03. The predicted molar refractivity (Wildman–Crippen MR) is 66.5 cm³/mol. The highest BCUT2D eigenvalue weighted by molar-refractivity contribution is 9.10. The molecule has 0 saturated heterocycles. The van der Waals surface area contributed by atoms with E-state index in [9.17, 15) is 5.11 Å². The first-order valence-corrected chi connectivity index (χ1v) is 5.71. The monoisotopic (exact) mass is 292 g/mol. The zero-order chi connectivity index (χ0) is 11.6. The Morgan fingerprint density at radius 3 is 2.67 bits per heavy atom. The molecule has 0 aliphatic rings. The number of nitrogens with zero attached hydrogens (tertiary/aromatic N) is 2. The van der Waals surface area contributed by atoms with Gasteiger partial charge in [-0.15, -0.1) is 0 Å². The molecule has 5 heteroatoms. The maximum absolute atomic E-state index is 9.67. The zero-order valence-corrected chi connectivity index (χ0v) is 11.3. The van der Waals surface area contributed by atoms with Crippen LogP contribution in [0.1, 0.15) is 13.8 Å². The van der Waals surface area contributed by atoms with Crippen LogP contribution in [0.4, 0.5) is 5.82 Å². The number of anilines is 1. The number of hydrogen-bond donors (Lipinski definition) is 1. The molecule has 0 saturated carbocycles. The SMILES string of the molecule is CN(CC(C)(C)O)c1ncc(Br)cc1Cl. The second kappa shape index (κ2) is 4.68. The molecule has 1 aromatic heterocycles. The van der Waals surface area contributed by atoms with Gasteiger partial charge in [0.05, 0.1) is 10.6 Å². The van der Waals surface area contributed by atoms with Crippen LogP contribution >= 0.6 is 27.5 Å². The number of aliphatic hydroxyl groups is 1. The van der Waals surface area contributed by atoms with Gasteiger partial charge < -0.3 is 10.0 Å². The lowest BCUT2D eigenvalue weighted by Gasteiger charge is -2.26. The fraction of sp³-hybridized carbons (Fsp3) is 0.500. The average Bonchev–Trinajstić information content (AvgIpc) is 1.99. The standard InChI is InChI=1S/C10H14BrClN2O/c1-10(2,15)6-14(3)9-8(12)4-7(11)5-13-9/h4-5,15H,6H2,1-3H3. The summed E-state index contributed by atoms with van der Waals surface area (Å²) in [6.07, 6.45) is 1.68. The highest BCUT2D eigenvalue weighted by Gasteiger charge is 2.18. The van der Waals surface area contributed by atoms with Gasteiger partial charge in [-0.3, -0.25) is 0 Å². The van der Waals surface area contributed by atoms with E-state index in [-0.39, 0.29) is 0 Å². The molecule has 0 aliphatic carbocycles. The first-order chi connectivity index (χ1) is 6.79. The van der Waals surface area contributed by atoms with Crippen LogP contribution < -0.4 is 4.90 Å². The maximum Gasteiger partial charge on any atom is 0.147 e. The highest BCUT2D eigenvalue weighted by Crippen LogP contribution is 2.26. The summed E-state index contributed by atoms with van der Waals surface area (Å²) in [5.74, 6) is 0.669. The van der Waals surface area contributed by atoms with Crippen LogP contribution in [-0.2, 0) is 0 Å². The molecule has 0 fully saturated rings. The highest BCUT2D eigenvalue weighted by atomic mass is 79.9. The van der Waals surface area contributed by atoms with E-state index in [1.165, 1.54) is 0 Å². The topological polar surface area (TPSA) is 36.4 Å². The van der Waals surface area contributed by atoms with E-state index in [4.69, 9.17) is 11.6 Å². The molecule has 0 aromatic carbocycles. The van der Waals surface area contributed by atoms with Crippen molar-refractivity contribution in [1.29, 1.82) is 0 Å². The molecular weight excluding hydrogens is 279 g/mol. The third-order valence-corrected chi connectivity index (χ3v) is 2.49. The van der Waals surface area contributed by atoms with E-state index < -0.39 is 5.60 Å². The largest absolute Gasteiger partial charge is 0.389 e. The summed E-state index contributed by atoms with van der Waals surface area (Å²) in [6.45, 7) is 3.97. The van der Waals surface area contributed by atoms with Crippen molar-refractivity contribution in [2.45, 2.75) is 19.4 Å². The molecule has 1 aromatic rings. The number of aromatic nitrogens is 1. The Balaban J connectivity index is 2.87. The molecule has 0 spiro atoms. The molecule has 0 unspecified atom stereocenters. The van der Waals surface area contributed by atoms with E-state index in [0.29, 0.717) is 17.4 Å². The van der Waals surface area contributed by atoms with Gasteiger partial charge in [0.15, 0.2) is 0 Å². The van der Waals surface area contributed by atoms with Crippen LogP contribution in [0.2, 0.25) is 5.02 Å². The fourth-order valence-corrected chi connectivity index (χ4v) is 2.12. The van der Waals surface area contributed by atoms with Gasteiger partial charge in [-0.2, -0.15) is 0 Å². The number of halogens is 2. The Hall–Kier alpha value is -0.320. The van der Waals surface area contributed by atoms with Crippen molar-refractivity contribution in [3.63, 3.8) is 0 Å². The summed E-state index contributed by atoms with van der Waals surface area (Å²) < 4.78 is 0.841. The average molecular weight is 294 g/mol. The maximum atomic E-state index is 9.67. The van der Waals surface area contributed by atoms with Crippen molar-refractivity contribution in [2.24, 2.45) is 0 Å². The minimum Gasteiger partial charge on any atom is -0.389 e. The number of likely N-dealkylation sites (N-methyl/N-ethyl adjacent to an activating group) is 1. The van der Waals surface area contributed by atoms with E-state index in [0.717, 1.165) is 4.47 Å². The molecule has 1 heterocycles. The van der Waals surface area contributed by atoms with Crippen molar-refractivity contribution in [3.8, 4) is 0 Å². The predicted octanol–water partition coefficient (Wildman–Crippen LogP) is 2.70. The summed E-state index contributed by atoms with van der Waals surface area (Å²) in [6, 6.07) is 1.78. The van der Waals surface area contributed by atoms with Crippen LogP contribution in [0.15, 0.2) is 16.7 Å². The van der Waals surface area contributed by atoms with E-state index >= 15 is 0 Å². The van der Waals surface area contributed by atoms with Crippen molar-refractivity contribution < 1.29 is 5.11 Å². The van der Waals surface area contributed by atoms with Gasteiger partial charge in [-0.1, -0.05) is 11.6 Å². The van der Waals surface area contributed by atoms with Crippen molar-refractivity contribution >= 4 is 33.3 Å². The Labute approximate surface area is 103 Å². The second-order valence-corrected chi connectivity index (χ2v) is 5.45. The van der Waals surface area contributed by atoms with Gasteiger partial charge >= 0.3 is 0 Å². The lowest BCUT2D eigenvalue weighted by Crippen LogP contribution is -2.36. The van der Waals surface area contributed by atoms with Crippen molar-refractivity contribution in [1.82, 2.24) is 4.98 Å². The first kappa shape index (κ1) is 12.7. The van der Waals surface area contributed by atoms with Gasteiger partial charge in [-0.25, -0.2) is 4.98 Å². The van der Waals surface area contributed by atoms with Gasteiger partial charge in [0.2, 0.25) is 0 Å². The minimum absolute atomic E-state index is 0.474. The lowest BCUT2D eigenvalue weighted by molar-refractivity contribution is 0.0884. The molecule has 84 valence electrons. The molecule has 1 rings (SSSR count). The van der Waals surface area contributed by atoms with Crippen LogP contribution in [0.25, 0.3) is 0 Å². The van der Waals surface area contributed by atoms with Crippen LogP contribution in [0.3, 0.4) is 0 Å².